The Bertz CT molecular complexity index is 646. The van der Waals surface area contributed by atoms with Crippen LogP contribution in [0.2, 0.25) is 0 Å². The van der Waals surface area contributed by atoms with Crippen LogP contribution in [0.3, 0.4) is 0 Å². The molecule has 25 heavy (non-hydrogen) atoms. The highest BCUT2D eigenvalue weighted by atomic mass is 16.5. The summed E-state index contributed by atoms with van der Waals surface area (Å²) in [5.74, 6) is 1.71. The van der Waals surface area contributed by atoms with Crippen LogP contribution in [0.5, 0.6) is 0 Å². The third-order valence-corrected chi connectivity index (χ3v) is 4.68. The highest BCUT2D eigenvalue weighted by molar-refractivity contribution is 5.14. The molecule has 0 spiro atoms. The summed E-state index contributed by atoms with van der Waals surface area (Å²) in [6.45, 7) is 5.93. The summed E-state index contributed by atoms with van der Waals surface area (Å²) in [4.78, 5) is 8.85. The number of aliphatic hydroxyl groups excluding tert-OH is 1. The van der Waals surface area contributed by atoms with Crippen molar-refractivity contribution in [3.05, 3.63) is 47.6 Å². The molecule has 1 aliphatic heterocycles. The fourth-order valence-corrected chi connectivity index (χ4v) is 3.58. The molecule has 6 nitrogen and oxygen atoms in total. The highest BCUT2D eigenvalue weighted by Crippen LogP contribution is 2.25. The molecule has 0 bridgehead atoms. The molecule has 0 radical (unpaired) electrons. The van der Waals surface area contributed by atoms with Crippen molar-refractivity contribution < 1.29 is 9.63 Å². The van der Waals surface area contributed by atoms with Crippen molar-refractivity contribution >= 4 is 0 Å². The normalized spacial score (nSPS) is 20.1. The summed E-state index contributed by atoms with van der Waals surface area (Å²) in [7, 11) is 2.05. The van der Waals surface area contributed by atoms with Gasteiger partial charge in [0, 0.05) is 26.2 Å². The predicted molar refractivity (Wildman–Crippen MR) is 96.2 cm³/mol. The summed E-state index contributed by atoms with van der Waals surface area (Å²) >= 11 is 0. The molecule has 2 aromatic rings. The number of aromatic nitrogens is 2. The second-order valence-electron chi connectivity index (χ2n) is 7.11. The number of aliphatic hydroxyl groups is 1. The maximum absolute atomic E-state index is 10.5. The van der Waals surface area contributed by atoms with E-state index in [2.05, 4.69) is 39.1 Å². The van der Waals surface area contributed by atoms with Crippen LogP contribution in [0.15, 0.2) is 34.9 Å². The lowest BCUT2D eigenvalue weighted by Crippen LogP contribution is -2.43. The quantitative estimate of drug-likeness (QED) is 0.829. The number of likely N-dealkylation sites (tertiary alicyclic amines) is 1. The Morgan fingerprint density at radius 1 is 1.36 bits per heavy atom. The molecule has 136 valence electrons. The van der Waals surface area contributed by atoms with E-state index in [0.717, 1.165) is 38.4 Å². The molecule has 1 aromatic carbocycles. The highest BCUT2D eigenvalue weighted by Gasteiger charge is 2.26. The van der Waals surface area contributed by atoms with E-state index in [1.54, 1.807) is 0 Å². The van der Waals surface area contributed by atoms with Gasteiger partial charge in [0.2, 0.25) is 5.89 Å². The van der Waals surface area contributed by atoms with E-state index in [1.807, 2.05) is 25.1 Å². The lowest BCUT2D eigenvalue weighted by molar-refractivity contribution is 0.0660. The predicted octanol–water partition coefficient (Wildman–Crippen LogP) is 2.05. The first-order chi connectivity index (χ1) is 12.1. The van der Waals surface area contributed by atoms with Crippen molar-refractivity contribution in [2.75, 3.05) is 33.2 Å². The number of β-amino-alcohol motifs (C(OH)–C–C–N with tert-alkyl or cyclic N) is 1. The van der Waals surface area contributed by atoms with E-state index in [1.165, 1.54) is 5.56 Å². The molecule has 1 aliphatic rings. The van der Waals surface area contributed by atoms with Crippen molar-refractivity contribution in [2.45, 2.75) is 38.3 Å². The Labute approximate surface area is 149 Å². The maximum Gasteiger partial charge on any atom is 0.231 e. The van der Waals surface area contributed by atoms with Crippen LogP contribution in [0.25, 0.3) is 0 Å². The topological polar surface area (TPSA) is 65.6 Å². The summed E-state index contributed by atoms with van der Waals surface area (Å²) in [6.07, 6.45) is 1.80. The Balaban J connectivity index is 1.46. The number of hydrogen-bond acceptors (Lipinski definition) is 6. The van der Waals surface area contributed by atoms with Crippen LogP contribution in [0, 0.1) is 6.92 Å². The van der Waals surface area contributed by atoms with Gasteiger partial charge in [-0.3, -0.25) is 9.80 Å². The molecule has 2 atom stereocenters. The van der Waals surface area contributed by atoms with E-state index >= 15 is 0 Å². The Kier molecular flexibility index (Phi) is 6.18. The third-order valence-electron chi connectivity index (χ3n) is 4.68. The van der Waals surface area contributed by atoms with Gasteiger partial charge in [-0.15, -0.1) is 0 Å². The zero-order valence-corrected chi connectivity index (χ0v) is 15.1. The Hall–Kier alpha value is -1.76. The maximum atomic E-state index is 10.5. The average molecular weight is 344 g/mol. The number of nitrogens with zero attached hydrogens (tertiary/aromatic N) is 4. The molecule has 0 saturated carbocycles. The molecule has 6 heteroatoms. The first kappa shape index (κ1) is 18.0. The minimum atomic E-state index is -0.364. The van der Waals surface area contributed by atoms with Gasteiger partial charge in [-0.25, -0.2) is 0 Å². The molecule has 0 aliphatic carbocycles. The number of hydrogen-bond donors (Lipinski definition) is 1. The molecule has 3 rings (SSSR count). The number of rotatable bonds is 7. The second kappa shape index (κ2) is 8.56. The zero-order valence-electron chi connectivity index (χ0n) is 15.1. The second-order valence-corrected chi connectivity index (χ2v) is 7.11. The van der Waals surface area contributed by atoms with Gasteiger partial charge >= 0.3 is 0 Å². The third kappa shape index (κ3) is 5.36. The molecule has 2 heterocycles. The van der Waals surface area contributed by atoms with Crippen molar-refractivity contribution in [3.8, 4) is 0 Å². The number of aryl methyl sites for hydroxylation is 1. The first-order valence-corrected chi connectivity index (χ1v) is 9.03. The lowest BCUT2D eigenvalue weighted by atomic mass is 9.97. The molecule has 2 unspecified atom stereocenters. The van der Waals surface area contributed by atoms with Crippen molar-refractivity contribution in [2.24, 2.45) is 0 Å². The first-order valence-electron chi connectivity index (χ1n) is 9.03. The summed E-state index contributed by atoms with van der Waals surface area (Å²) in [5.41, 5.74) is 1.27. The van der Waals surface area contributed by atoms with Crippen LogP contribution in [-0.4, -0.2) is 64.4 Å². The van der Waals surface area contributed by atoms with E-state index < -0.39 is 0 Å². The van der Waals surface area contributed by atoms with Crippen LogP contribution in [0.1, 0.15) is 36.0 Å². The smallest absolute Gasteiger partial charge is 0.231 e. The van der Waals surface area contributed by atoms with Crippen molar-refractivity contribution in [1.29, 1.82) is 0 Å². The van der Waals surface area contributed by atoms with Gasteiger partial charge in [0.25, 0.3) is 0 Å². The van der Waals surface area contributed by atoms with Gasteiger partial charge in [0.15, 0.2) is 5.82 Å². The fourth-order valence-electron chi connectivity index (χ4n) is 3.58. The van der Waals surface area contributed by atoms with Crippen LogP contribution in [0.4, 0.5) is 0 Å². The number of benzene rings is 1. The minimum absolute atomic E-state index is 0.282. The van der Waals surface area contributed by atoms with Gasteiger partial charge in [0.05, 0.1) is 12.0 Å². The fraction of sp³-hybridized carbons (Fsp3) is 0.579. The molecular weight excluding hydrogens is 316 g/mol. The molecule has 1 N–H and O–H groups in total. The largest absolute Gasteiger partial charge is 0.390 e. The van der Waals surface area contributed by atoms with Crippen LogP contribution < -0.4 is 0 Å². The number of likely N-dealkylation sites (N-methyl/N-ethyl adjacent to an activating group) is 1. The van der Waals surface area contributed by atoms with Crippen LogP contribution in [-0.2, 0) is 6.54 Å². The number of piperidine rings is 1. The van der Waals surface area contributed by atoms with Crippen molar-refractivity contribution in [3.63, 3.8) is 0 Å². The SMILES string of the molecule is Cc1noc(C2CCCN(CC(O)CN(C)Cc3ccccc3)C2)n1. The van der Waals surface area contributed by atoms with E-state index in [4.69, 9.17) is 4.52 Å². The monoisotopic (exact) mass is 344 g/mol. The Morgan fingerprint density at radius 2 is 2.16 bits per heavy atom. The molecule has 0 amide bonds. The molecule has 1 saturated heterocycles. The van der Waals surface area contributed by atoms with E-state index in [-0.39, 0.29) is 12.0 Å². The average Bonchev–Trinajstić information content (AvgIpc) is 3.02. The van der Waals surface area contributed by atoms with Crippen molar-refractivity contribution in [1.82, 2.24) is 19.9 Å². The van der Waals surface area contributed by atoms with Gasteiger partial charge in [-0.05, 0) is 38.9 Å². The van der Waals surface area contributed by atoms with Crippen LogP contribution >= 0.6 is 0 Å². The van der Waals surface area contributed by atoms with E-state index in [0.29, 0.717) is 18.9 Å². The van der Waals surface area contributed by atoms with Gasteiger partial charge in [-0.2, -0.15) is 4.98 Å². The lowest BCUT2D eigenvalue weighted by Gasteiger charge is -2.33. The molecule has 1 aromatic heterocycles. The zero-order chi connectivity index (χ0) is 17.6. The molecule has 1 fully saturated rings. The summed E-state index contributed by atoms with van der Waals surface area (Å²) in [6, 6.07) is 10.4. The standard InChI is InChI=1S/C19H28N4O2/c1-15-20-19(25-21-15)17-9-6-10-23(12-17)14-18(24)13-22(2)11-16-7-4-3-5-8-16/h3-5,7-8,17-18,24H,6,9-14H2,1-2H3. The van der Waals surface area contributed by atoms with Gasteiger partial charge < -0.3 is 9.63 Å². The van der Waals surface area contributed by atoms with E-state index in [9.17, 15) is 5.11 Å². The summed E-state index contributed by atoms with van der Waals surface area (Å²) < 4.78 is 5.33. The Morgan fingerprint density at radius 3 is 2.88 bits per heavy atom. The summed E-state index contributed by atoms with van der Waals surface area (Å²) in [5, 5.41) is 14.4. The van der Waals surface area contributed by atoms with Gasteiger partial charge in [0.1, 0.15) is 0 Å². The van der Waals surface area contributed by atoms with Gasteiger partial charge in [-0.1, -0.05) is 35.5 Å². The minimum Gasteiger partial charge on any atom is -0.390 e. The molecular formula is C19H28N4O2.